The number of piperidine rings is 1. The van der Waals surface area contributed by atoms with Gasteiger partial charge in [-0.2, -0.15) is 0 Å². The normalized spacial score (nSPS) is 19.2. The smallest absolute Gasteiger partial charge is 0.220 e. The van der Waals surface area contributed by atoms with Crippen molar-refractivity contribution in [3.05, 3.63) is 34.9 Å². The predicted molar refractivity (Wildman–Crippen MR) is 78.0 cm³/mol. The number of carbonyl (C=O) groups excluding carboxylic acids is 1. The van der Waals surface area contributed by atoms with E-state index < -0.39 is 0 Å². The van der Waals surface area contributed by atoms with E-state index in [1.165, 1.54) is 29.5 Å². The van der Waals surface area contributed by atoms with E-state index in [0.29, 0.717) is 18.9 Å². The number of hydrogen-bond donors (Lipinski definition) is 2. The molecule has 0 radical (unpaired) electrons. The Hall–Kier alpha value is -1.35. The van der Waals surface area contributed by atoms with Crippen LogP contribution in [0.2, 0.25) is 0 Å². The van der Waals surface area contributed by atoms with Crippen molar-refractivity contribution in [2.24, 2.45) is 5.92 Å². The molecule has 104 valence electrons. The number of nitrogens with one attached hydrogen (secondary N) is 2. The van der Waals surface area contributed by atoms with Gasteiger partial charge in [0.1, 0.15) is 0 Å². The first-order valence-corrected chi connectivity index (χ1v) is 7.18. The van der Waals surface area contributed by atoms with Crippen molar-refractivity contribution in [2.45, 2.75) is 39.7 Å². The van der Waals surface area contributed by atoms with Crippen molar-refractivity contribution >= 4 is 5.91 Å². The second-order valence-corrected chi connectivity index (χ2v) is 5.61. The fraction of sp³-hybridized carbons (Fsp3) is 0.562. The Bertz CT molecular complexity index is 436. The number of carbonyl (C=O) groups is 1. The Balaban J connectivity index is 1.77. The molecule has 19 heavy (non-hydrogen) atoms. The van der Waals surface area contributed by atoms with Crippen LogP contribution < -0.4 is 10.6 Å². The Morgan fingerprint density at radius 1 is 1.37 bits per heavy atom. The first-order valence-electron chi connectivity index (χ1n) is 7.18. The summed E-state index contributed by atoms with van der Waals surface area (Å²) in [6.07, 6.45) is 3.01. The molecule has 1 saturated heterocycles. The van der Waals surface area contributed by atoms with Crippen LogP contribution in [-0.2, 0) is 11.3 Å². The monoisotopic (exact) mass is 260 g/mol. The van der Waals surface area contributed by atoms with Crippen molar-refractivity contribution < 1.29 is 4.79 Å². The SMILES string of the molecule is Cc1ccc(CNC(=O)CC2CCCNC2)cc1C. The van der Waals surface area contributed by atoms with Gasteiger partial charge in [0.05, 0.1) is 0 Å². The van der Waals surface area contributed by atoms with Gasteiger partial charge in [-0.3, -0.25) is 4.79 Å². The predicted octanol–water partition coefficient (Wildman–Crippen LogP) is 2.31. The molecule has 2 rings (SSSR count). The summed E-state index contributed by atoms with van der Waals surface area (Å²) in [7, 11) is 0. The topological polar surface area (TPSA) is 41.1 Å². The van der Waals surface area contributed by atoms with Crippen LogP contribution in [-0.4, -0.2) is 19.0 Å². The average Bonchev–Trinajstić information content (AvgIpc) is 2.41. The van der Waals surface area contributed by atoms with Gasteiger partial charge in [0.15, 0.2) is 0 Å². The first-order chi connectivity index (χ1) is 9.15. The molecule has 3 nitrogen and oxygen atoms in total. The number of hydrogen-bond acceptors (Lipinski definition) is 2. The Morgan fingerprint density at radius 2 is 2.21 bits per heavy atom. The lowest BCUT2D eigenvalue weighted by atomic mass is 9.96. The average molecular weight is 260 g/mol. The van der Waals surface area contributed by atoms with E-state index in [4.69, 9.17) is 0 Å². The quantitative estimate of drug-likeness (QED) is 0.872. The van der Waals surface area contributed by atoms with Crippen LogP contribution in [0.1, 0.15) is 36.0 Å². The largest absolute Gasteiger partial charge is 0.352 e. The van der Waals surface area contributed by atoms with Crippen molar-refractivity contribution in [3.63, 3.8) is 0 Å². The number of rotatable bonds is 4. The van der Waals surface area contributed by atoms with E-state index in [0.717, 1.165) is 13.1 Å². The molecule has 1 amide bonds. The molecule has 0 aliphatic carbocycles. The van der Waals surface area contributed by atoms with Crippen molar-refractivity contribution in [1.82, 2.24) is 10.6 Å². The molecule has 1 atom stereocenters. The molecule has 1 heterocycles. The van der Waals surface area contributed by atoms with E-state index in [1.807, 2.05) is 0 Å². The van der Waals surface area contributed by atoms with Gasteiger partial charge in [-0.15, -0.1) is 0 Å². The number of amides is 1. The van der Waals surface area contributed by atoms with E-state index in [2.05, 4.69) is 42.7 Å². The maximum absolute atomic E-state index is 11.9. The molecule has 0 bridgehead atoms. The highest BCUT2D eigenvalue weighted by atomic mass is 16.1. The first kappa shape index (κ1) is 14.1. The Morgan fingerprint density at radius 3 is 2.89 bits per heavy atom. The number of benzene rings is 1. The standard InChI is InChI=1S/C16H24N2O/c1-12-5-6-15(8-13(12)2)11-18-16(19)9-14-4-3-7-17-10-14/h5-6,8,14,17H,3-4,7,9-11H2,1-2H3,(H,18,19). The summed E-state index contributed by atoms with van der Waals surface area (Å²) < 4.78 is 0. The molecule has 1 aliphatic heterocycles. The zero-order valence-electron chi connectivity index (χ0n) is 12.0. The minimum absolute atomic E-state index is 0.173. The Labute approximate surface area is 115 Å². The van der Waals surface area contributed by atoms with Crippen LogP contribution in [0.15, 0.2) is 18.2 Å². The van der Waals surface area contributed by atoms with Gasteiger partial charge in [0.2, 0.25) is 5.91 Å². The third kappa shape index (κ3) is 4.35. The van der Waals surface area contributed by atoms with Gasteiger partial charge in [-0.05, 0) is 62.4 Å². The van der Waals surface area contributed by atoms with Crippen molar-refractivity contribution in [3.8, 4) is 0 Å². The summed E-state index contributed by atoms with van der Waals surface area (Å²) in [5.74, 6) is 0.681. The lowest BCUT2D eigenvalue weighted by molar-refractivity contribution is -0.122. The van der Waals surface area contributed by atoms with E-state index >= 15 is 0 Å². The van der Waals surface area contributed by atoms with Gasteiger partial charge < -0.3 is 10.6 Å². The molecule has 0 spiro atoms. The molecule has 0 saturated carbocycles. The zero-order valence-corrected chi connectivity index (χ0v) is 12.0. The molecule has 3 heteroatoms. The Kier molecular flexibility index (Phi) is 4.97. The highest BCUT2D eigenvalue weighted by Crippen LogP contribution is 2.14. The third-order valence-corrected chi connectivity index (χ3v) is 3.93. The van der Waals surface area contributed by atoms with Gasteiger partial charge in [-0.1, -0.05) is 18.2 Å². The van der Waals surface area contributed by atoms with E-state index in [1.54, 1.807) is 0 Å². The van der Waals surface area contributed by atoms with Gasteiger partial charge in [0, 0.05) is 13.0 Å². The third-order valence-electron chi connectivity index (χ3n) is 3.93. The minimum atomic E-state index is 0.173. The van der Waals surface area contributed by atoms with Crippen molar-refractivity contribution in [1.29, 1.82) is 0 Å². The van der Waals surface area contributed by atoms with Crippen LogP contribution >= 0.6 is 0 Å². The molecule has 1 aromatic carbocycles. The summed E-state index contributed by atoms with van der Waals surface area (Å²) in [4.78, 5) is 11.9. The lowest BCUT2D eigenvalue weighted by Gasteiger charge is -2.22. The van der Waals surface area contributed by atoms with E-state index in [9.17, 15) is 4.79 Å². The van der Waals surface area contributed by atoms with Gasteiger partial charge in [0.25, 0.3) is 0 Å². The van der Waals surface area contributed by atoms with Crippen LogP contribution in [0.5, 0.6) is 0 Å². The second kappa shape index (κ2) is 6.71. The molecule has 1 fully saturated rings. The molecular formula is C16H24N2O. The highest BCUT2D eigenvalue weighted by molar-refractivity contribution is 5.76. The summed E-state index contributed by atoms with van der Waals surface area (Å²) in [6, 6.07) is 6.35. The lowest BCUT2D eigenvalue weighted by Crippen LogP contribution is -2.34. The van der Waals surface area contributed by atoms with Crippen molar-refractivity contribution in [2.75, 3.05) is 13.1 Å². The molecule has 1 unspecified atom stereocenters. The van der Waals surface area contributed by atoms with Crippen LogP contribution in [0.3, 0.4) is 0 Å². The molecule has 2 N–H and O–H groups in total. The summed E-state index contributed by atoms with van der Waals surface area (Å²) >= 11 is 0. The van der Waals surface area contributed by atoms with Crippen LogP contribution in [0, 0.1) is 19.8 Å². The van der Waals surface area contributed by atoms with Crippen LogP contribution in [0.25, 0.3) is 0 Å². The molecule has 0 aromatic heterocycles. The maximum Gasteiger partial charge on any atom is 0.220 e. The zero-order chi connectivity index (χ0) is 13.7. The molecular weight excluding hydrogens is 236 g/mol. The maximum atomic E-state index is 11.9. The highest BCUT2D eigenvalue weighted by Gasteiger charge is 2.16. The summed E-state index contributed by atoms with van der Waals surface area (Å²) in [5.41, 5.74) is 3.75. The number of aryl methyl sites for hydroxylation is 2. The molecule has 1 aromatic rings. The minimum Gasteiger partial charge on any atom is -0.352 e. The fourth-order valence-corrected chi connectivity index (χ4v) is 2.55. The second-order valence-electron chi connectivity index (χ2n) is 5.61. The van der Waals surface area contributed by atoms with Gasteiger partial charge >= 0.3 is 0 Å². The summed E-state index contributed by atoms with van der Waals surface area (Å²) in [6.45, 7) is 6.93. The van der Waals surface area contributed by atoms with Crippen LogP contribution in [0.4, 0.5) is 0 Å². The summed E-state index contributed by atoms with van der Waals surface area (Å²) in [5, 5.41) is 6.37. The molecule has 1 aliphatic rings. The van der Waals surface area contributed by atoms with Gasteiger partial charge in [-0.25, -0.2) is 0 Å². The van der Waals surface area contributed by atoms with E-state index in [-0.39, 0.29) is 5.91 Å². The fourth-order valence-electron chi connectivity index (χ4n) is 2.55.